The topological polar surface area (TPSA) is 89.8 Å². The molecule has 0 unspecified atom stereocenters. The van der Waals surface area contributed by atoms with Crippen LogP contribution in [0.1, 0.15) is 16.1 Å². The molecule has 2 heterocycles. The summed E-state index contributed by atoms with van der Waals surface area (Å²) in [6.07, 6.45) is 0.184. The minimum atomic E-state index is -0.479. The summed E-state index contributed by atoms with van der Waals surface area (Å²) in [4.78, 5) is 25.8. The van der Waals surface area contributed by atoms with E-state index in [0.717, 1.165) is 5.56 Å². The molecule has 0 spiro atoms. The van der Waals surface area contributed by atoms with Gasteiger partial charge < -0.3 is 24.5 Å². The van der Waals surface area contributed by atoms with Gasteiger partial charge >= 0.3 is 0 Å². The van der Waals surface area contributed by atoms with E-state index in [4.69, 9.17) is 13.9 Å². The quantitative estimate of drug-likeness (QED) is 0.483. The van der Waals surface area contributed by atoms with Gasteiger partial charge in [-0.1, -0.05) is 42.5 Å². The van der Waals surface area contributed by atoms with E-state index in [-0.39, 0.29) is 18.1 Å². The van der Waals surface area contributed by atoms with E-state index in [0.29, 0.717) is 47.1 Å². The third kappa shape index (κ3) is 4.00. The number of nitrogens with one attached hydrogen (secondary N) is 2. The highest BCUT2D eigenvalue weighted by Crippen LogP contribution is 2.34. The molecule has 1 aliphatic heterocycles. The number of anilines is 2. The average Bonchev–Trinajstić information content (AvgIpc) is 3.18. The normalized spacial score (nSPS) is 12.4. The van der Waals surface area contributed by atoms with Crippen LogP contribution in [0, 0.1) is 0 Å². The van der Waals surface area contributed by atoms with Gasteiger partial charge in [-0.15, -0.1) is 0 Å². The number of rotatable bonds is 5. The predicted octanol–water partition coefficient (Wildman–Crippen LogP) is 4.64. The van der Waals surface area contributed by atoms with Crippen molar-refractivity contribution in [1.82, 2.24) is 0 Å². The number of para-hydroxylation sites is 1. The van der Waals surface area contributed by atoms with Crippen LogP contribution < -0.4 is 20.1 Å². The van der Waals surface area contributed by atoms with Crippen LogP contribution >= 0.6 is 0 Å². The molecule has 7 nitrogen and oxygen atoms in total. The number of carbonyl (C=O) groups is 2. The zero-order valence-corrected chi connectivity index (χ0v) is 17.1. The molecule has 0 bridgehead atoms. The number of ether oxygens (including phenoxy) is 2. The molecule has 0 saturated carbocycles. The van der Waals surface area contributed by atoms with Gasteiger partial charge in [0, 0.05) is 17.1 Å². The van der Waals surface area contributed by atoms with Gasteiger partial charge in [-0.2, -0.15) is 0 Å². The van der Waals surface area contributed by atoms with Gasteiger partial charge in [0.05, 0.1) is 6.42 Å². The van der Waals surface area contributed by atoms with Gasteiger partial charge in [0.1, 0.15) is 24.5 Å². The predicted molar refractivity (Wildman–Crippen MR) is 120 cm³/mol. The lowest BCUT2D eigenvalue weighted by molar-refractivity contribution is -0.115. The second-order valence-electron chi connectivity index (χ2n) is 7.33. The maximum Gasteiger partial charge on any atom is 0.293 e. The van der Waals surface area contributed by atoms with Crippen molar-refractivity contribution in [3.05, 3.63) is 84.1 Å². The first-order valence-electron chi connectivity index (χ1n) is 10.2. The number of hydrogen-bond acceptors (Lipinski definition) is 5. The first-order valence-corrected chi connectivity index (χ1v) is 10.2. The van der Waals surface area contributed by atoms with Crippen LogP contribution in [0.4, 0.5) is 11.4 Å². The number of furan rings is 1. The molecule has 0 atom stereocenters. The lowest BCUT2D eigenvalue weighted by atomic mass is 10.1. The summed E-state index contributed by atoms with van der Waals surface area (Å²) in [5, 5.41) is 6.33. The smallest absolute Gasteiger partial charge is 0.293 e. The van der Waals surface area contributed by atoms with E-state index >= 15 is 0 Å². The molecule has 0 radical (unpaired) electrons. The summed E-state index contributed by atoms with van der Waals surface area (Å²) in [5.41, 5.74) is 2.26. The molecule has 32 heavy (non-hydrogen) atoms. The average molecular weight is 428 g/mol. The number of amides is 2. The molecular formula is C25H20N2O5. The molecule has 3 aromatic carbocycles. The Bertz CT molecular complexity index is 1300. The highest BCUT2D eigenvalue weighted by Gasteiger charge is 2.23. The fourth-order valence-corrected chi connectivity index (χ4v) is 3.60. The Morgan fingerprint density at radius 1 is 0.812 bits per heavy atom. The Balaban J connectivity index is 1.42. The second kappa shape index (κ2) is 8.47. The minimum Gasteiger partial charge on any atom is -0.486 e. The zero-order chi connectivity index (χ0) is 21.9. The molecule has 2 amide bonds. The van der Waals surface area contributed by atoms with E-state index in [1.165, 1.54) is 0 Å². The highest BCUT2D eigenvalue weighted by molar-refractivity contribution is 6.14. The molecule has 1 aliphatic rings. The zero-order valence-electron chi connectivity index (χ0n) is 17.1. The van der Waals surface area contributed by atoms with Crippen molar-refractivity contribution in [2.45, 2.75) is 6.42 Å². The number of carbonyl (C=O) groups excluding carboxylic acids is 2. The molecule has 0 fully saturated rings. The van der Waals surface area contributed by atoms with Gasteiger partial charge in [-0.3, -0.25) is 9.59 Å². The largest absolute Gasteiger partial charge is 0.486 e. The van der Waals surface area contributed by atoms with Gasteiger partial charge in [0.2, 0.25) is 11.7 Å². The fraction of sp³-hybridized carbons (Fsp3) is 0.120. The molecule has 4 aromatic rings. The summed E-state index contributed by atoms with van der Waals surface area (Å²) < 4.78 is 16.9. The van der Waals surface area contributed by atoms with E-state index in [9.17, 15) is 9.59 Å². The number of hydrogen-bond donors (Lipinski definition) is 2. The van der Waals surface area contributed by atoms with E-state index in [1.807, 2.05) is 42.5 Å². The van der Waals surface area contributed by atoms with Crippen molar-refractivity contribution in [1.29, 1.82) is 0 Å². The number of fused-ring (bicyclic) bond motifs is 2. The molecule has 160 valence electrons. The van der Waals surface area contributed by atoms with Crippen LogP contribution in [0.2, 0.25) is 0 Å². The Labute approximate surface area is 183 Å². The van der Waals surface area contributed by atoms with Gasteiger partial charge in [-0.05, 0) is 29.8 Å². The van der Waals surface area contributed by atoms with Crippen molar-refractivity contribution in [3.63, 3.8) is 0 Å². The van der Waals surface area contributed by atoms with Gasteiger partial charge in [0.15, 0.2) is 11.5 Å². The third-order valence-electron chi connectivity index (χ3n) is 5.07. The SMILES string of the molecule is O=C(Cc1ccccc1)Nc1c(C(=O)Nc2ccc3c(c2)OCCO3)oc2ccccc12. The van der Waals surface area contributed by atoms with Crippen LogP contribution in [0.25, 0.3) is 11.0 Å². The summed E-state index contributed by atoms with van der Waals surface area (Å²) in [5.74, 6) is 0.508. The molecule has 7 heteroatoms. The maximum atomic E-state index is 13.1. The van der Waals surface area contributed by atoms with Gasteiger partial charge in [0.25, 0.3) is 5.91 Å². The van der Waals surface area contributed by atoms with Crippen molar-refractivity contribution >= 4 is 34.2 Å². The van der Waals surface area contributed by atoms with Crippen LogP contribution in [-0.2, 0) is 11.2 Å². The second-order valence-corrected chi connectivity index (χ2v) is 7.33. The van der Waals surface area contributed by atoms with Crippen LogP contribution in [-0.4, -0.2) is 25.0 Å². The molecule has 0 saturated heterocycles. The standard InChI is InChI=1S/C25H20N2O5/c28-22(14-16-6-2-1-3-7-16)27-23-18-8-4-5-9-19(18)32-24(23)25(29)26-17-10-11-20-21(15-17)31-13-12-30-20/h1-11,15H,12-14H2,(H,26,29)(H,27,28). The Kier molecular flexibility index (Phi) is 5.21. The van der Waals surface area contributed by atoms with Crippen molar-refractivity contribution in [2.75, 3.05) is 23.8 Å². The Morgan fingerprint density at radius 2 is 1.56 bits per heavy atom. The number of benzene rings is 3. The highest BCUT2D eigenvalue weighted by atomic mass is 16.6. The molecule has 1 aromatic heterocycles. The summed E-state index contributed by atoms with van der Waals surface area (Å²) in [7, 11) is 0. The van der Waals surface area contributed by atoms with Gasteiger partial charge in [-0.25, -0.2) is 0 Å². The lowest BCUT2D eigenvalue weighted by Gasteiger charge is -2.18. The molecule has 2 N–H and O–H groups in total. The minimum absolute atomic E-state index is 0.0301. The lowest BCUT2D eigenvalue weighted by Crippen LogP contribution is -2.19. The Morgan fingerprint density at radius 3 is 2.41 bits per heavy atom. The summed E-state index contributed by atoms with van der Waals surface area (Å²) in [6, 6.07) is 21.8. The first kappa shape index (κ1) is 19.7. The van der Waals surface area contributed by atoms with Crippen LogP contribution in [0.3, 0.4) is 0 Å². The monoisotopic (exact) mass is 428 g/mol. The maximum absolute atomic E-state index is 13.1. The third-order valence-corrected chi connectivity index (χ3v) is 5.07. The first-order chi connectivity index (χ1) is 15.7. The van der Waals surface area contributed by atoms with Crippen molar-refractivity contribution in [2.24, 2.45) is 0 Å². The molecule has 5 rings (SSSR count). The van der Waals surface area contributed by atoms with Crippen molar-refractivity contribution < 1.29 is 23.5 Å². The summed E-state index contributed by atoms with van der Waals surface area (Å²) in [6.45, 7) is 0.940. The fourth-order valence-electron chi connectivity index (χ4n) is 3.60. The van der Waals surface area contributed by atoms with Crippen molar-refractivity contribution in [3.8, 4) is 11.5 Å². The van der Waals surface area contributed by atoms with Crippen LogP contribution in [0.5, 0.6) is 11.5 Å². The van der Waals surface area contributed by atoms with E-state index in [2.05, 4.69) is 10.6 Å². The molecular weight excluding hydrogens is 408 g/mol. The summed E-state index contributed by atoms with van der Waals surface area (Å²) >= 11 is 0. The van der Waals surface area contributed by atoms with Crippen LogP contribution in [0.15, 0.2) is 77.2 Å². The van der Waals surface area contributed by atoms with E-state index in [1.54, 1.807) is 30.3 Å². The van der Waals surface area contributed by atoms with E-state index < -0.39 is 5.91 Å². The molecule has 0 aliphatic carbocycles. The Hall–Kier alpha value is -4.26.